The van der Waals surface area contributed by atoms with E-state index in [-0.39, 0.29) is 0 Å². The van der Waals surface area contributed by atoms with Crippen molar-refractivity contribution in [3.63, 3.8) is 0 Å². The molecule has 1 aromatic carbocycles. The van der Waals surface area contributed by atoms with E-state index in [1.807, 2.05) is 0 Å². The highest BCUT2D eigenvalue weighted by Gasteiger charge is 2.21. The lowest BCUT2D eigenvalue weighted by atomic mass is 10.0. The smallest absolute Gasteiger partial charge is 0.0942 e. The SMILES string of the molecule is CN(C)CCC1N[C]c2ccccc21. The molecule has 1 aromatic rings. The molecular weight excluding hydrogens is 172 g/mol. The molecule has 1 N–H and O–H groups in total. The normalized spacial score (nSPS) is 20.1. The summed E-state index contributed by atoms with van der Waals surface area (Å²) in [5.74, 6) is 0. The molecule has 1 aliphatic heterocycles. The van der Waals surface area contributed by atoms with E-state index in [1.54, 1.807) is 0 Å². The van der Waals surface area contributed by atoms with Crippen LogP contribution in [0.5, 0.6) is 0 Å². The molecule has 0 saturated carbocycles. The third-order valence-electron chi connectivity index (χ3n) is 2.58. The zero-order valence-corrected chi connectivity index (χ0v) is 8.75. The number of benzene rings is 1. The van der Waals surface area contributed by atoms with Gasteiger partial charge in [-0.3, -0.25) is 5.32 Å². The van der Waals surface area contributed by atoms with Crippen molar-refractivity contribution in [3.8, 4) is 0 Å². The van der Waals surface area contributed by atoms with E-state index in [2.05, 4.69) is 55.1 Å². The van der Waals surface area contributed by atoms with Crippen LogP contribution in [0.15, 0.2) is 24.3 Å². The van der Waals surface area contributed by atoms with Gasteiger partial charge in [0.2, 0.25) is 0 Å². The van der Waals surface area contributed by atoms with Crippen LogP contribution in [0.25, 0.3) is 0 Å². The van der Waals surface area contributed by atoms with Crippen LogP contribution in [0.1, 0.15) is 23.6 Å². The molecule has 0 bridgehead atoms. The maximum atomic E-state index is 3.30. The van der Waals surface area contributed by atoms with E-state index < -0.39 is 0 Å². The summed E-state index contributed by atoms with van der Waals surface area (Å²) in [6.45, 7) is 4.31. The van der Waals surface area contributed by atoms with Crippen molar-refractivity contribution in [2.24, 2.45) is 0 Å². The summed E-state index contributed by atoms with van der Waals surface area (Å²) in [5.41, 5.74) is 2.60. The Labute approximate surface area is 85.9 Å². The van der Waals surface area contributed by atoms with Crippen LogP contribution >= 0.6 is 0 Å². The zero-order valence-electron chi connectivity index (χ0n) is 8.75. The number of hydrogen-bond donors (Lipinski definition) is 1. The zero-order chi connectivity index (χ0) is 9.97. The second kappa shape index (κ2) is 4.11. The maximum absolute atomic E-state index is 3.30. The van der Waals surface area contributed by atoms with Crippen molar-refractivity contribution < 1.29 is 0 Å². The van der Waals surface area contributed by atoms with Crippen molar-refractivity contribution in [2.45, 2.75) is 12.5 Å². The lowest BCUT2D eigenvalue weighted by Gasteiger charge is -2.15. The molecule has 14 heavy (non-hydrogen) atoms. The Morgan fingerprint density at radius 1 is 1.36 bits per heavy atom. The molecule has 1 aliphatic rings. The summed E-state index contributed by atoms with van der Waals surface area (Å²) in [4.78, 5) is 2.21. The van der Waals surface area contributed by atoms with E-state index in [4.69, 9.17) is 0 Å². The third kappa shape index (κ3) is 1.97. The number of rotatable bonds is 3. The average molecular weight is 188 g/mol. The highest BCUT2D eigenvalue weighted by molar-refractivity contribution is 5.39. The maximum Gasteiger partial charge on any atom is 0.0942 e. The van der Waals surface area contributed by atoms with E-state index in [9.17, 15) is 0 Å². The number of hydrogen-bond acceptors (Lipinski definition) is 2. The molecule has 0 aromatic heterocycles. The molecule has 2 nitrogen and oxygen atoms in total. The van der Waals surface area contributed by atoms with Gasteiger partial charge >= 0.3 is 0 Å². The van der Waals surface area contributed by atoms with Gasteiger partial charge in [-0.15, -0.1) is 0 Å². The molecule has 2 rings (SSSR count). The highest BCUT2D eigenvalue weighted by Crippen LogP contribution is 2.28. The summed E-state index contributed by atoms with van der Waals surface area (Å²) >= 11 is 0. The van der Waals surface area contributed by atoms with E-state index in [0.717, 1.165) is 13.0 Å². The van der Waals surface area contributed by atoms with Gasteiger partial charge in [-0.25, -0.2) is 0 Å². The lowest BCUT2D eigenvalue weighted by molar-refractivity contribution is 0.374. The molecule has 2 radical (unpaired) electrons. The fourth-order valence-electron chi connectivity index (χ4n) is 1.77. The van der Waals surface area contributed by atoms with Gasteiger partial charge in [-0.2, -0.15) is 0 Å². The first-order valence-electron chi connectivity index (χ1n) is 5.02. The predicted molar refractivity (Wildman–Crippen MR) is 57.8 cm³/mol. The fraction of sp³-hybridized carbons (Fsp3) is 0.417. The molecule has 0 amide bonds. The number of nitrogens with one attached hydrogen (secondary N) is 1. The molecular formula is C12H16N2. The van der Waals surface area contributed by atoms with Gasteiger partial charge in [-0.1, -0.05) is 24.3 Å². The monoisotopic (exact) mass is 188 g/mol. The molecule has 1 unspecified atom stereocenters. The Balaban J connectivity index is 2.03. The molecule has 2 heteroatoms. The Morgan fingerprint density at radius 3 is 2.93 bits per heavy atom. The average Bonchev–Trinajstić information content (AvgIpc) is 2.58. The molecule has 0 aliphatic carbocycles. The highest BCUT2D eigenvalue weighted by atomic mass is 15.1. The van der Waals surface area contributed by atoms with Crippen LogP contribution in [0.2, 0.25) is 0 Å². The van der Waals surface area contributed by atoms with E-state index >= 15 is 0 Å². The summed E-state index contributed by atoms with van der Waals surface area (Å²) in [5, 5.41) is 3.30. The quantitative estimate of drug-likeness (QED) is 0.776. The topological polar surface area (TPSA) is 15.3 Å². The summed E-state index contributed by atoms with van der Waals surface area (Å²) in [6.07, 6.45) is 1.14. The van der Waals surface area contributed by atoms with Crippen LogP contribution in [-0.2, 0) is 0 Å². The van der Waals surface area contributed by atoms with Crippen LogP contribution in [0, 0.1) is 6.54 Å². The van der Waals surface area contributed by atoms with Gasteiger partial charge in [0.05, 0.1) is 6.54 Å². The number of nitrogens with zero attached hydrogens (tertiary/aromatic N) is 1. The Bertz CT molecular complexity index is 307. The standard InChI is InChI=1S/C12H16N2/c1-14(2)8-7-12-11-6-4-3-5-10(11)9-13-12/h3-6,12-13H,7-8H2,1-2H3. The van der Waals surface area contributed by atoms with Gasteiger partial charge in [0, 0.05) is 6.04 Å². The summed E-state index contributed by atoms with van der Waals surface area (Å²) in [6, 6.07) is 8.90. The predicted octanol–water partition coefficient (Wildman–Crippen LogP) is 1.67. The van der Waals surface area contributed by atoms with Crippen molar-refractivity contribution in [3.05, 3.63) is 41.9 Å². The first-order valence-corrected chi connectivity index (χ1v) is 5.02. The van der Waals surface area contributed by atoms with Gasteiger partial charge in [0.1, 0.15) is 0 Å². The van der Waals surface area contributed by atoms with Crippen LogP contribution in [0.4, 0.5) is 0 Å². The summed E-state index contributed by atoms with van der Waals surface area (Å²) in [7, 11) is 4.21. The second-order valence-electron chi connectivity index (χ2n) is 4.00. The van der Waals surface area contributed by atoms with Crippen LogP contribution in [0.3, 0.4) is 0 Å². The van der Waals surface area contributed by atoms with Gasteiger partial charge < -0.3 is 4.90 Å². The summed E-state index contributed by atoms with van der Waals surface area (Å²) < 4.78 is 0. The first kappa shape index (κ1) is 9.69. The largest absolute Gasteiger partial charge is 0.309 e. The lowest BCUT2D eigenvalue weighted by Crippen LogP contribution is -2.20. The van der Waals surface area contributed by atoms with E-state index in [1.165, 1.54) is 11.1 Å². The molecule has 1 atom stereocenters. The molecule has 0 fully saturated rings. The van der Waals surface area contributed by atoms with Gasteiger partial charge in [0.15, 0.2) is 0 Å². The molecule has 0 spiro atoms. The van der Waals surface area contributed by atoms with Crippen molar-refractivity contribution >= 4 is 0 Å². The van der Waals surface area contributed by atoms with Crippen molar-refractivity contribution in [1.82, 2.24) is 10.2 Å². The van der Waals surface area contributed by atoms with Crippen molar-refractivity contribution in [2.75, 3.05) is 20.6 Å². The fourth-order valence-corrected chi connectivity index (χ4v) is 1.77. The molecule has 74 valence electrons. The van der Waals surface area contributed by atoms with Gasteiger partial charge in [0.25, 0.3) is 0 Å². The second-order valence-corrected chi connectivity index (χ2v) is 4.00. The van der Waals surface area contributed by atoms with Crippen molar-refractivity contribution in [1.29, 1.82) is 0 Å². The van der Waals surface area contributed by atoms with E-state index in [0.29, 0.717) is 6.04 Å². The minimum absolute atomic E-state index is 0.452. The third-order valence-corrected chi connectivity index (χ3v) is 2.58. The Hall–Kier alpha value is -0.860. The Kier molecular flexibility index (Phi) is 2.85. The van der Waals surface area contributed by atoms with Crippen LogP contribution < -0.4 is 5.32 Å². The number of fused-ring (bicyclic) bond motifs is 1. The first-order chi connectivity index (χ1) is 6.77. The Morgan fingerprint density at radius 2 is 2.14 bits per heavy atom. The molecule has 1 heterocycles. The minimum atomic E-state index is 0.452. The van der Waals surface area contributed by atoms with Gasteiger partial charge in [-0.05, 0) is 38.2 Å². The van der Waals surface area contributed by atoms with Crippen LogP contribution in [-0.4, -0.2) is 25.5 Å². The minimum Gasteiger partial charge on any atom is -0.309 e. The molecule has 0 saturated heterocycles.